The van der Waals surface area contributed by atoms with E-state index in [4.69, 9.17) is 4.74 Å². The van der Waals surface area contributed by atoms with E-state index >= 15 is 0 Å². The molecule has 0 radical (unpaired) electrons. The largest absolute Gasteiger partial charge is 0.444 e. The fourth-order valence-electron chi connectivity index (χ4n) is 2.49. The number of amides is 2. The second-order valence-corrected chi connectivity index (χ2v) is 9.10. The Labute approximate surface area is 175 Å². The lowest BCUT2D eigenvalue weighted by Crippen LogP contribution is -2.27. The van der Waals surface area contributed by atoms with E-state index in [-0.39, 0.29) is 5.91 Å². The highest BCUT2D eigenvalue weighted by molar-refractivity contribution is 9.10. The van der Waals surface area contributed by atoms with Gasteiger partial charge in [0.1, 0.15) is 5.60 Å². The van der Waals surface area contributed by atoms with Crippen LogP contribution in [0.5, 0.6) is 0 Å². The molecule has 28 heavy (non-hydrogen) atoms. The van der Waals surface area contributed by atoms with Crippen LogP contribution in [-0.2, 0) is 4.74 Å². The Kier molecular flexibility index (Phi) is 5.71. The van der Waals surface area contributed by atoms with Gasteiger partial charge in [-0.2, -0.15) is 0 Å². The number of carbonyl (C=O) groups is 2. The zero-order valence-electron chi connectivity index (χ0n) is 15.9. The van der Waals surface area contributed by atoms with Crippen molar-refractivity contribution in [3.05, 3.63) is 52.0 Å². The quantitative estimate of drug-likeness (QED) is 0.503. The van der Waals surface area contributed by atoms with Gasteiger partial charge in [0.2, 0.25) is 0 Å². The highest BCUT2D eigenvalue weighted by atomic mass is 79.9. The van der Waals surface area contributed by atoms with E-state index in [1.807, 2.05) is 25.1 Å². The number of fused-ring (bicyclic) bond motifs is 1. The molecule has 0 aliphatic carbocycles. The predicted octanol–water partition coefficient (Wildman–Crippen LogP) is 5.97. The number of thiazole rings is 1. The summed E-state index contributed by atoms with van der Waals surface area (Å²) in [6.45, 7) is 7.31. The number of carbonyl (C=O) groups excluding carboxylic acids is 2. The predicted molar refractivity (Wildman–Crippen MR) is 116 cm³/mol. The maximum absolute atomic E-state index is 12.7. The van der Waals surface area contributed by atoms with Gasteiger partial charge in [0.25, 0.3) is 5.91 Å². The molecule has 6 nitrogen and oxygen atoms in total. The summed E-state index contributed by atoms with van der Waals surface area (Å²) in [7, 11) is 0. The van der Waals surface area contributed by atoms with E-state index in [0.29, 0.717) is 16.2 Å². The zero-order valence-corrected chi connectivity index (χ0v) is 18.3. The standard InChI is InChI=1S/C20H20BrN3O3S/c1-11-6-5-7-13(21)16(11)23-17(25)12-8-9-14-15(10-12)28-18(22-14)24-19(26)27-20(2,3)4/h5-10H,1-4H3,(H,23,25)(H,22,24,26). The molecule has 0 unspecified atom stereocenters. The minimum absolute atomic E-state index is 0.216. The number of benzene rings is 2. The number of ether oxygens (including phenoxy) is 1. The summed E-state index contributed by atoms with van der Waals surface area (Å²) in [6, 6.07) is 11.0. The fraction of sp³-hybridized carbons (Fsp3) is 0.250. The first-order valence-corrected chi connectivity index (χ1v) is 10.2. The van der Waals surface area contributed by atoms with Crippen molar-refractivity contribution in [1.82, 2.24) is 4.98 Å². The van der Waals surface area contributed by atoms with Crippen molar-refractivity contribution in [3.8, 4) is 0 Å². The Bertz CT molecular complexity index is 1040. The minimum atomic E-state index is -0.587. The SMILES string of the molecule is Cc1cccc(Br)c1NC(=O)c1ccc2nc(NC(=O)OC(C)(C)C)sc2c1. The molecule has 146 valence electrons. The number of hydrogen-bond acceptors (Lipinski definition) is 5. The Morgan fingerprint density at radius 3 is 2.57 bits per heavy atom. The summed E-state index contributed by atoms with van der Waals surface area (Å²) in [5, 5.41) is 5.98. The van der Waals surface area contributed by atoms with Crippen LogP contribution in [0.25, 0.3) is 10.2 Å². The van der Waals surface area contributed by atoms with E-state index < -0.39 is 11.7 Å². The van der Waals surface area contributed by atoms with Crippen molar-refractivity contribution in [2.45, 2.75) is 33.3 Å². The molecule has 2 amide bonds. The van der Waals surface area contributed by atoms with E-state index in [9.17, 15) is 9.59 Å². The van der Waals surface area contributed by atoms with Gasteiger partial charge in [-0.05, 0) is 73.5 Å². The number of halogens is 1. The van der Waals surface area contributed by atoms with Gasteiger partial charge >= 0.3 is 6.09 Å². The first-order valence-electron chi connectivity index (χ1n) is 8.59. The van der Waals surface area contributed by atoms with Crippen LogP contribution in [0.3, 0.4) is 0 Å². The van der Waals surface area contributed by atoms with Crippen LogP contribution in [0.4, 0.5) is 15.6 Å². The van der Waals surface area contributed by atoms with Crippen molar-refractivity contribution in [3.63, 3.8) is 0 Å². The molecule has 2 N–H and O–H groups in total. The lowest BCUT2D eigenvalue weighted by atomic mass is 10.1. The van der Waals surface area contributed by atoms with E-state index in [1.165, 1.54) is 11.3 Å². The first kappa shape index (κ1) is 20.3. The average Bonchev–Trinajstić information content (AvgIpc) is 2.97. The summed E-state index contributed by atoms with van der Waals surface area (Å²) in [5.41, 5.74) is 2.32. The fourth-order valence-corrected chi connectivity index (χ4v) is 3.94. The van der Waals surface area contributed by atoms with Gasteiger partial charge in [0, 0.05) is 10.0 Å². The Morgan fingerprint density at radius 2 is 1.89 bits per heavy atom. The number of nitrogens with zero attached hydrogens (tertiary/aromatic N) is 1. The number of para-hydroxylation sites is 1. The molecule has 1 aromatic heterocycles. The molecule has 1 heterocycles. The molecule has 8 heteroatoms. The van der Waals surface area contributed by atoms with Crippen LogP contribution in [0.2, 0.25) is 0 Å². The summed E-state index contributed by atoms with van der Waals surface area (Å²) in [5.74, 6) is -0.216. The first-order chi connectivity index (χ1) is 13.1. The van der Waals surface area contributed by atoms with Crippen molar-refractivity contribution in [2.24, 2.45) is 0 Å². The molecular formula is C20H20BrN3O3S. The highest BCUT2D eigenvalue weighted by Gasteiger charge is 2.18. The molecule has 3 aromatic rings. The van der Waals surface area contributed by atoms with Gasteiger partial charge in [-0.1, -0.05) is 23.5 Å². The smallest absolute Gasteiger partial charge is 0.413 e. The lowest BCUT2D eigenvalue weighted by molar-refractivity contribution is 0.0635. The van der Waals surface area contributed by atoms with Gasteiger partial charge in [-0.15, -0.1) is 0 Å². The number of rotatable bonds is 3. The number of hydrogen-bond donors (Lipinski definition) is 2. The van der Waals surface area contributed by atoms with Gasteiger partial charge in [-0.3, -0.25) is 10.1 Å². The van der Waals surface area contributed by atoms with E-state index in [0.717, 1.165) is 20.4 Å². The molecule has 0 saturated heterocycles. The Morgan fingerprint density at radius 1 is 1.14 bits per heavy atom. The molecule has 0 aliphatic rings. The number of anilines is 2. The Hall–Kier alpha value is -2.45. The van der Waals surface area contributed by atoms with Crippen LogP contribution in [0.15, 0.2) is 40.9 Å². The molecule has 0 bridgehead atoms. The van der Waals surface area contributed by atoms with Crippen LogP contribution in [-0.4, -0.2) is 22.6 Å². The minimum Gasteiger partial charge on any atom is -0.444 e. The van der Waals surface area contributed by atoms with Crippen molar-refractivity contribution >= 4 is 60.3 Å². The third-order valence-electron chi connectivity index (χ3n) is 3.72. The van der Waals surface area contributed by atoms with Gasteiger partial charge < -0.3 is 10.1 Å². The van der Waals surface area contributed by atoms with Crippen molar-refractivity contribution in [1.29, 1.82) is 0 Å². The van der Waals surface area contributed by atoms with Crippen molar-refractivity contribution < 1.29 is 14.3 Å². The third-order valence-corrected chi connectivity index (χ3v) is 5.31. The number of aromatic nitrogens is 1. The summed E-state index contributed by atoms with van der Waals surface area (Å²) in [4.78, 5) is 28.9. The second-order valence-electron chi connectivity index (χ2n) is 7.21. The molecule has 0 saturated carbocycles. The summed E-state index contributed by atoms with van der Waals surface area (Å²) >= 11 is 4.74. The third kappa shape index (κ3) is 4.88. The lowest BCUT2D eigenvalue weighted by Gasteiger charge is -2.18. The number of aryl methyl sites for hydroxylation is 1. The monoisotopic (exact) mass is 461 g/mol. The topological polar surface area (TPSA) is 80.3 Å². The molecular weight excluding hydrogens is 442 g/mol. The zero-order chi connectivity index (χ0) is 20.5. The van der Waals surface area contributed by atoms with Gasteiger partial charge in [0.15, 0.2) is 5.13 Å². The number of nitrogens with one attached hydrogen (secondary N) is 2. The van der Waals surface area contributed by atoms with Crippen LogP contribution in [0.1, 0.15) is 36.7 Å². The van der Waals surface area contributed by atoms with E-state index in [1.54, 1.807) is 39.0 Å². The Balaban J connectivity index is 1.79. The maximum Gasteiger partial charge on any atom is 0.413 e. The molecule has 2 aromatic carbocycles. The summed E-state index contributed by atoms with van der Waals surface area (Å²) in [6.07, 6.45) is -0.561. The molecule has 3 rings (SSSR count). The molecule has 0 aliphatic heterocycles. The van der Waals surface area contributed by atoms with Gasteiger partial charge in [-0.25, -0.2) is 9.78 Å². The van der Waals surface area contributed by atoms with Crippen LogP contribution < -0.4 is 10.6 Å². The molecule has 0 fully saturated rings. The van der Waals surface area contributed by atoms with Crippen molar-refractivity contribution in [2.75, 3.05) is 10.6 Å². The average molecular weight is 462 g/mol. The summed E-state index contributed by atoms with van der Waals surface area (Å²) < 4.78 is 6.85. The highest BCUT2D eigenvalue weighted by Crippen LogP contribution is 2.29. The van der Waals surface area contributed by atoms with Crippen LogP contribution in [0, 0.1) is 6.92 Å². The molecule has 0 spiro atoms. The second kappa shape index (κ2) is 7.89. The normalized spacial score (nSPS) is 11.3. The van der Waals surface area contributed by atoms with E-state index in [2.05, 4.69) is 31.5 Å². The molecule has 0 atom stereocenters. The van der Waals surface area contributed by atoms with Gasteiger partial charge in [0.05, 0.1) is 15.9 Å². The van der Waals surface area contributed by atoms with Crippen LogP contribution >= 0.6 is 27.3 Å². The maximum atomic E-state index is 12.7.